The fourth-order valence-corrected chi connectivity index (χ4v) is 1.38. The quantitative estimate of drug-likeness (QED) is 0.849. The van der Waals surface area contributed by atoms with Crippen molar-refractivity contribution in [3.05, 3.63) is 23.2 Å². The van der Waals surface area contributed by atoms with Crippen LogP contribution in [0.25, 0.3) is 0 Å². The maximum Gasteiger partial charge on any atom is 0.238 e. The lowest BCUT2D eigenvalue weighted by molar-refractivity contribution is -0.114. The van der Waals surface area contributed by atoms with E-state index in [1.807, 2.05) is 13.8 Å². The van der Waals surface area contributed by atoms with E-state index in [4.69, 9.17) is 22.1 Å². The third-order valence-corrected chi connectivity index (χ3v) is 2.08. The fourth-order valence-electron chi connectivity index (χ4n) is 1.16. The van der Waals surface area contributed by atoms with Gasteiger partial charge in [-0.1, -0.05) is 17.7 Å². The van der Waals surface area contributed by atoms with Crippen molar-refractivity contribution in [2.75, 3.05) is 11.9 Å². The van der Waals surface area contributed by atoms with E-state index in [0.29, 0.717) is 16.5 Å². The summed E-state index contributed by atoms with van der Waals surface area (Å²) in [4.78, 5) is 11.2. The summed E-state index contributed by atoms with van der Waals surface area (Å²) < 4.78 is 5.53. The van der Waals surface area contributed by atoms with Gasteiger partial charge in [0.1, 0.15) is 0 Å². The Hall–Kier alpha value is -1.26. The number of para-hydroxylation sites is 1. The first kappa shape index (κ1) is 12.8. The van der Waals surface area contributed by atoms with Gasteiger partial charge in [0.2, 0.25) is 5.91 Å². The zero-order valence-corrected chi connectivity index (χ0v) is 10.0. The number of halogens is 1. The number of anilines is 1. The number of benzene rings is 1. The minimum absolute atomic E-state index is 0.0200. The van der Waals surface area contributed by atoms with Gasteiger partial charge in [0.05, 0.1) is 23.4 Å². The van der Waals surface area contributed by atoms with E-state index >= 15 is 0 Å². The first-order chi connectivity index (χ1) is 7.54. The molecule has 88 valence electrons. The van der Waals surface area contributed by atoms with E-state index in [-0.39, 0.29) is 18.6 Å². The van der Waals surface area contributed by atoms with Crippen LogP contribution >= 0.6 is 11.6 Å². The molecule has 5 heteroatoms. The number of hydrogen-bond donors (Lipinski definition) is 2. The summed E-state index contributed by atoms with van der Waals surface area (Å²) in [6, 6.07) is 5.16. The van der Waals surface area contributed by atoms with Crippen LogP contribution in [0.15, 0.2) is 18.2 Å². The molecule has 0 aliphatic heterocycles. The number of nitrogens with one attached hydrogen (secondary N) is 1. The molecular formula is C11H15ClN2O2. The summed E-state index contributed by atoms with van der Waals surface area (Å²) >= 11 is 5.99. The highest BCUT2D eigenvalue weighted by atomic mass is 35.5. The van der Waals surface area contributed by atoms with E-state index in [2.05, 4.69) is 5.32 Å². The average molecular weight is 243 g/mol. The summed E-state index contributed by atoms with van der Waals surface area (Å²) in [6.07, 6.45) is -0.0200. The topological polar surface area (TPSA) is 64.3 Å². The van der Waals surface area contributed by atoms with Crippen LogP contribution in [0.1, 0.15) is 13.8 Å². The number of rotatable bonds is 4. The molecule has 0 aliphatic carbocycles. The molecule has 0 saturated heterocycles. The van der Waals surface area contributed by atoms with Crippen molar-refractivity contribution >= 4 is 23.2 Å². The van der Waals surface area contributed by atoms with Gasteiger partial charge >= 0.3 is 0 Å². The SMILES string of the molecule is CC(C)Oc1c(Cl)cccc1NC(=O)CN. The van der Waals surface area contributed by atoms with E-state index in [1.165, 1.54) is 0 Å². The maximum atomic E-state index is 11.2. The summed E-state index contributed by atoms with van der Waals surface area (Å²) in [5.41, 5.74) is 5.76. The molecule has 4 nitrogen and oxygen atoms in total. The molecule has 1 aromatic rings. The van der Waals surface area contributed by atoms with Crippen molar-refractivity contribution in [1.82, 2.24) is 0 Å². The second-order valence-electron chi connectivity index (χ2n) is 3.54. The maximum absolute atomic E-state index is 11.2. The first-order valence-corrected chi connectivity index (χ1v) is 5.37. The van der Waals surface area contributed by atoms with Crippen LogP contribution in [0.2, 0.25) is 5.02 Å². The molecule has 0 heterocycles. The molecule has 0 aromatic heterocycles. The zero-order valence-electron chi connectivity index (χ0n) is 9.29. The van der Waals surface area contributed by atoms with Crippen molar-refractivity contribution in [3.63, 3.8) is 0 Å². The van der Waals surface area contributed by atoms with Crippen LogP contribution in [0.5, 0.6) is 5.75 Å². The number of nitrogens with two attached hydrogens (primary N) is 1. The van der Waals surface area contributed by atoms with Crippen LogP contribution < -0.4 is 15.8 Å². The van der Waals surface area contributed by atoms with Crippen molar-refractivity contribution in [3.8, 4) is 5.75 Å². The van der Waals surface area contributed by atoms with Gasteiger partial charge in [-0.3, -0.25) is 4.79 Å². The Morgan fingerprint density at radius 3 is 2.81 bits per heavy atom. The smallest absolute Gasteiger partial charge is 0.238 e. The lowest BCUT2D eigenvalue weighted by Crippen LogP contribution is -2.22. The van der Waals surface area contributed by atoms with E-state index in [0.717, 1.165) is 0 Å². The molecule has 0 radical (unpaired) electrons. The third-order valence-electron chi connectivity index (χ3n) is 1.78. The highest BCUT2D eigenvalue weighted by Crippen LogP contribution is 2.33. The molecule has 3 N–H and O–H groups in total. The monoisotopic (exact) mass is 242 g/mol. The second-order valence-corrected chi connectivity index (χ2v) is 3.94. The van der Waals surface area contributed by atoms with Crippen LogP contribution in [0.4, 0.5) is 5.69 Å². The number of carbonyl (C=O) groups is 1. The number of hydrogen-bond acceptors (Lipinski definition) is 3. The van der Waals surface area contributed by atoms with Gasteiger partial charge in [-0.05, 0) is 26.0 Å². The Labute approximate surface area is 99.7 Å². The van der Waals surface area contributed by atoms with Crippen molar-refractivity contribution in [2.45, 2.75) is 20.0 Å². The molecule has 0 spiro atoms. The molecule has 0 unspecified atom stereocenters. The predicted octanol–water partition coefficient (Wildman–Crippen LogP) is 2.02. The minimum Gasteiger partial charge on any atom is -0.487 e. The van der Waals surface area contributed by atoms with Gasteiger partial charge < -0.3 is 15.8 Å². The normalized spacial score (nSPS) is 10.3. The fraction of sp³-hybridized carbons (Fsp3) is 0.364. The van der Waals surface area contributed by atoms with Gasteiger partial charge in [0, 0.05) is 0 Å². The average Bonchev–Trinajstić information content (AvgIpc) is 2.22. The highest BCUT2D eigenvalue weighted by Gasteiger charge is 2.11. The molecule has 16 heavy (non-hydrogen) atoms. The summed E-state index contributed by atoms with van der Waals surface area (Å²) in [5, 5.41) is 3.09. The molecular weight excluding hydrogens is 228 g/mol. The standard InChI is InChI=1S/C11H15ClN2O2/c1-7(2)16-11-8(12)4-3-5-9(11)14-10(15)6-13/h3-5,7H,6,13H2,1-2H3,(H,14,15). The Kier molecular flexibility index (Phi) is 4.58. The van der Waals surface area contributed by atoms with Gasteiger partial charge in [-0.2, -0.15) is 0 Å². The minimum atomic E-state index is -0.282. The lowest BCUT2D eigenvalue weighted by Gasteiger charge is -2.15. The van der Waals surface area contributed by atoms with Gasteiger partial charge in [-0.25, -0.2) is 0 Å². The van der Waals surface area contributed by atoms with Crippen LogP contribution in [0, 0.1) is 0 Å². The molecule has 1 aromatic carbocycles. The number of amides is 1. The first-order valence-electron chi connectivity index (χ1n) is 4.99. The van der Waals surface area contributed by atoms with Gasteiger partial charge in [-0.15, -0.1) is 0 Å². The Morgan fingerprint density at radius 2 is 2.25 bits per heavy atom. The van der Waals surface area contributed by atoms with Gasteiger partial charge in [0.25, 0.3) is 0 Å². The second kappa shape index (κ2) is 5.72. The Balaban J connectivity index is 2.98. The van der Waals surface area contributed by atoms with Crippen molar-refractivity contribution in [2.24, 2.45) is 5.73 Å². The zero-order chi connectivity index (χ0) is 12.1. The molecule has 0 aliphatic rings. The van der Waals surface area contributed by atoms with Crippen molar-refractivity contribution < 1.29 is 9.53 Å². The van der Waals surface area contributed by atoms with Crippen LogP contribution in [0.3, 0.4) is 0 Å². The van der Waals surface area contributed by atoms with Crippen LogP contribution in [-0.2, 0) is 4.79 Å². The van der Waals surface area contributed by atoms with E-state index < -0.39 is 0 Å². The van der Waals surface area contributed by atoms with Gasteiger partial charge in [0.15, 0.2) is 5.75 Å². The summed E-state index contributed by atoms with van der Waals surface area (Å²) in [6.45, 7) is 3.70. The highest BCUT2D eigenvalue weighted by molar-refractivity contribution is 6.32. The van der Waals surface area contributed by atoms with Crippen molar-refractivity contribution in [1.29, 1.82) is 0 Å². The largest absolute Gasteiger partial charge is 0.487 e. The summed E-state index contributed by atoms with van der Waals surface area (Å²) in [5.74, 6) is 0.192. The summed E-state index contributed by atoms with van der Waals surface area (Å²) in [7, 11) is 0. The number of ether oxygens (including phenoxy) is 1. The third kappa shape index (κ3) is 3.40. The van der Waals surface area contributed by atoms with E-state index in [9.17, 15) is 4.79 Å². The Bertz CT molecular complexity index is 380. The van der Waals surface area contributed by atoms with Crippen LogP contribution in [-0.4, -0.2) is 18.6 Å². The molecule has 1 rings (SSSR count). The molecule has 0 bridgehead atoms. The Morgan fingerprint density at radius 1 is 1.56 bits per heavy atom. The molecule has 0 saturated carbocycles. The predicted molar refractivity (Wildman–Crippen MR) is 64.9 cm³/mol. The lowest BCUT2D eigenvalue weighted by atomic mass is 10.3. The number of carbonyl (C=O) groups excluding carboxylic acids is 1. The molecule has 1 amide bonds. The molecule has 0 fully saturated rings. The molecule has 0 atom stereocenters. The van der Waals surface area contributed by atoms with E-state index in [1.54, 1.807) is 18.2 Å².